The van der Waals surface area contributed by atoms with Gasteiger partial charge in [-0.05, 0) is 32.6 Å². The van der Waals surface area contributed by atoms with Crippen molar-refractivity contribution in [2.75, 3.05) is 39.8 Å². The molecule has 104 valence electrons. The fourth-order valence-corrected chi connectivity index (χ4v) is 3.02. The maximum absolute atomic E-state index is 12.1. The molecule has 0 radical (unpaired) electrons. The lowest BCUT2D eigenvalue weighted by atomic mass is 9.96. The Balaban J connectivity index is 1.78. The van der Waals surface area contributed by atoms with E-state index in [0.29, 0.717) is 5.91 Å². The van der Waals surface area contributed by atoms with Crippen LogP contribution in [-0.2, 0) is 4.79 Å². The Kier molecular flexibility index (Phi) is 5.01. The molecule has 2 rings (SSSR count). The van der Waals surface area contributed by atoms with Crippen LogP contribution in [0.5, 0.6) is 0 Å². The van der Waals surface area contributed by atoms with E-state index >= 15 is 0 Å². The summed E-state index contributed by atoms with van der Waals surface area (Å²) in [5, 5.41) is 4.99. The summed E-state index contributed by atoms with van der Waals surface area (Å²) in [6, 6.07) is 0. The minimum absolute atomic E-state index is 0.260. The molecule has 0 bridgehead atoms. The topological polar surface area (TPSA) is 26.8 Å². The number of hydrogen-bond acceptors (Lipinski definition) is 3. The molecule has 0 saturated carbocycles. The second-order valence-electron chi connectivity index (χ2n) is 5.59. The van der Waals surface area contributed by atoms with Gasteiger partial charge in [0, 0.05) is 45.7 Å². The third-order valence-corrected chi connectivity index (χ3v) is 4.40. The fourth-order valence-electron chi connectivity index (χ4n) is 3.02. The number of amides is 1. The van der Waals surface area contributed by atoms with Crippen molar-refractivity contribution in [1.82, 2.24) is 14.9 Å². The van der Waals surface area contributed by atoms with E-state index in [9.17, 15) is 4.79 Å². The Morgan fingerprint density at radius 1 is 1.06 bits per heavy atom. The number of nitrogens with zero attached hydrogens (tertiary/aromatic N) is 3. The molecule has 4 nitrogen and oxygen atoms in total. The van der Waals surface area contributed by atoms with Gasteiger partial charge in [0.2, 0.25) is 5.91 Å². The number of carbonyl (C=O) groups is 1. The minimum Gasteiger partial charge on any atom is -0.346 e. The first kappa shape index (κ1) is 13.8. The second kappa shape index (κ2) is 6.53. The highest BCUT2D eigenvalue weighted by Crippen LogP contribution is 2.22. The van der Waals surface area contributed by atoms with E-state index < -0.39 is 0 Å². The highest BCUT2D eigenvalue weighted by Gasteiger charge is 2.29. The zero-order valence-corrected chi connectivity index (χ0v) is 11.9. The van der Waals surface area contributed by atoms with E-state index in [1.54, 1.807) is 0 Å². The van der Waals surface area contributed by atoms with Crippen LogP contribution < -0.4 is 0 Å². The number of hydrazine groups is 1. The van der Waals surface area contributed by atoms with Gasteiger partial charge in [0.15, 0.2) is 0 Å². The van der Waals surface area contributed by atoms with Gasteiger partial charge in [0.25, 0.3) is 0 Å². The van der Waals surface area contributed by atoms with Gasteiger partial charge in [-0.1, -0.05) is 6.42 Å². The summed E-state index contributed by atoms with van der Waals surface area (Å²) in [5.74, 6) is 0.604. The summed E-state index contributed by atoms with van der Waals surface area (Å²) >= 11 is 0. The van der Waals surface area contributed by atoms with Crippen LogP contribution in [-0.4, -0.2) is 60.6 Å². The maximum Gasteiger partial charge on any atom is 0.225 e. The minimum atomic E-state index is 0.260. The molecular formula is C14H27N3O. The van der Waals surface area contributed by atoms with Crippen molar-refractivity contribution >= 4 is 5.91 Å². The number of rotatable bonds is 3. The summed E-state index contributed by atoms with van der Waals surface area (Å²) in [6.45, 7) is 7.43. The van der Waals surface area contributed by atoms with Gasteiger partial charge in [0.1, 0.15) is 0 Å². The molecule has 0 aliphatic carbocycles. The summed E-state index contributed by atoms with van der Waals surface area (Å²) in [6.07, 6.45) is 6.10. The fraction of sp³-hybridized carbons (Fsp3) is 0.929. The summed E-state index contributed by atoms with van der Waals surface area (Å²) in [4.78, 5) is 14.0. The molecular weight excluding hydrogens is 226 g/mol. The summed E-state index contributed by atoms with van der Waals surface area (Å²) < 4.78 is 0. The third kappa shape index (κ3) is 3.23. The first-order valence-corrected chi connectivity index (χ1v) is 7.47. The molecule has 0 aromatic heterocycles. The van der Waals surface area contributed by atoms with Crippen LogP contribution in [0.2, 0.25) is 0 Å². The highest BCUT2D eigenvalue weighted by atomic mass is 16.2. The van der Waals surface area contributed by atoms with Crippen LogP contribution in [0.4, 0.5) is 0 Å². The monoisotopic (exact) mass is 253 g/mol. The molecule has 2 saturated heterocycles. The Hall–Kier alpha value is -0.610. The van der Waals surface area contributed by atoms with Crippen LogP contribution in [0.25, 0.3) is 0 Å². The molecule has 0 aromatic carbocycles. The van der Waals surface area contributed by atoms with Gasteiger partial charge in [0.05, 0.1) is 0 Å². The van der Waals surface area contributed by atoms with Gasteiger partial charge in [-0.25, -0.2) is 10.0 Å². The number of piperidine rings is 2. The van der Waals surface area contributed by atoms with E-state index in [1.165, 1.54) is 32.4 Å². The van der Waals surface area contributed by atoms with Crippen molar-refractivity contribution in [2.24, 2.45) is 5.92 Å². The van der Waals surface area contributed by atoms with Gasteiger partial charge in [-0.3, -0.25) is 4.79 Å². The van der Waals surface area contributed by atoms with E-state index in [-0.39, 0.29) is 5.92 Å². The molecule has 2 aliphatic heterocycles. The Morgan fingerprint density at radius 3 is 2.17 bits per heavy atom. The molecule has 18 heavy (non-hydrogen) atoms. The van der Waals surface area contributed by atoms with Gasteiger partial charge in [-0.2, -0.15) is 0 Å². The van der Waals surface area contributed by atoms with Crippen molar-refractivity contribution < 1.29 is 4.79 Å². The molecule has 1 amide bonds. The smallest absolute Gasteiger partial charge is 0.225 e. The molecule has 0 aromatic rings. The zero-order valence-electron chi connectivity index (χ0n) is 11.9. The van der Waals surface area contributed by atoms with Gasteiger partial charge >= 0.3 is 0 Å². The Morgan fingerprint density at radius 2 is 1.61 bits per heavy atom. The van der Waals surface area contributed by atoms with Crippen molar-refractivity contribution in [1.29, 1.82) is 0 Å². The molecule has 0 spiro atoms. The van der Waals surface area contributed by atoms with E-state index in [0.717, 1.165) is 32.5 Å². The summed E-state index contributed by atoms with van der Waals surface area (Å²) in [5.41, 5.74) is 0. The lowest BCUT2D eigenvalue weighted by Gasteiger charge is -2.41. The lowest BCUT2D eigenvalue weighted by Crippen LogP contribution is -2.50. The molecule has 2 fully saturated rings. The Labute approximate surface area is 111 Å². The van der Waals surface area contributed by atoms with Gasteiger partial charge < -0.3 is 4.90 Å². The first-order valence-electron chi connectivity index (χ1n) is 7.47. The third-order valence-electron chi connectivity index (χ3n) is 4.40. The molecule has 0 unspecified atom stereocenters. The lowest BCUT2D eigenvalue weighted by molar-refractivity contribution is -0.138. The molecule has 4 heteroatoms. The second-order valence-corrected chi connectivity index (χ2v) is 5.59. The van der Waals surface area contributed by atoms with Gasteiger partial charge in [-0.15, -0.1) is 0 Å². The predicted octanol–water partition coefficient (Wildman–Crippen LogP) is 1.58. The van der Waals surface area contributed by atoms with Crippen LogP contribution in [0.3, 0.4) is 0 Å². The molecule has 0 atom stereocenters. The maximum atomic E-state index is 12.1. The highest BCUT2D eigenvalue weighted by molar-refractivity contribution is 5.78. The van der Waals surface area contributed by atoms with Crippen LogP contribution in [0, 0.1) is 5.92 Å². The SMILES string of the molecule is CCN(C)C(=O)C1CCN(N2CCCCC2)CC1. The van der Waals surface area contributed by atoms with Crippen LogP contribution >= 0.6 is 0 Å². The van der Waals surface area contributed by atoms with Crippen molar-refractivity contribution in [3.63, 3.8) is 0 Å². The van der Waals surface area contributed by atoms with E-state index in [1.807, 2.05) is 18.9 Å². The molecule has 0 N–H and O–H groups in total. The summed E-state index contributed by atoms with van der Waals surface area (Å²) in [7, 11) is 1.92. The average molecular weight is 253 g/mol. The number of hydrogen-bond donors (Lipinski definition) is 0. The zero-order chi connectivity index (χ0) is 13.0. The predicted molar refractivity (Wildman–Crippen MR) is 73.0 cm³/mol. The van der Waals surface area contributed by atoms with Crippen molar-refractivity contribution in [3.05, 3.63) is 0 Å². The van der Waals surface area contributed by atoms with E-state index in [2.05, 4.69) is 10.0 Å². The van der Waals surface area contributed by atoms with Crippen LogP contribution in [0.1, 0.15) is 39.0 Å². The average Bonchev–Trinajstić information content (AvgIpc) is 2.47. The standard InChI is InChI=1S/C14H27N3O/c1-3-15(2)14(18)13-7-11-17(12-8-13)16-9-5-4-6-10-16/h13H,3-12H2,1-2H3. The molecule has 2 heterocycles. The quantitative estimate of drug-likeness (QED) is 0.764. The first-order chi connectivity index (χ1) is 8.72. The van der Waals surface area contributed by atoms with E-state index in [4.69, 9.17) is 0 Å². The Bertz CT molecular complexity index is 268. The normalized spacial score (nSPS) is 24.1. The largest absolute Gasteiger partial charge is 0.346 e. The number of carbonyl (C=O) groups excluding carboxylic acids is 1. The van der Waals surface area contributed by atoms with Crippen molar-refractivity contribution in [3.8, 4) is 0 Å². The molecule has 2 aliphatic rings. The van der Waals surface area contributed by atoms with Crippen LogP contribution in [0.15, 0.2) is 0 Å². The van der Waals surface area contributed by atoms with Crippen molar-refractivity contribution in [2.45, 2.75) is 39.0 Å².